The highest BCUT2D eigenvalue weighted by Crippen LogP contribution is 2.28. The van der Waals surface area contributed by atoms with Crippen molar-refractivity contribution in [1.29, 1.82) is 0 Å². The van der Waals surface area contributed by atoms with Gasteiger partial charge in [0, 0.05) is 23.4 Å². The van der Waals surface area contributed by atoms with Crippen LogP contribution in [0.2, 0.25) is 0 Å². The van der Waals surface area contributed by atoms with Gasteiger partial charge in [-0.15, -0.1) is 5.10 Å². The minimum Gasteiger partial charge on any atom is -0.437 e. The number of rotatable bonds is 3. The second-order valence-electron chi connectivity index (χ2n) is 3.96. The van der Waals surface area contributed by atoms with Crippen LogP contribution in [0.15, 0.2) is 24.3 Å². The van der Waals surface area contributed by atoms with Crippen LogP contribution in [0.1, 0.15) is 24.2 Å². The molecule has 2 aromatic rings. The van der Waals surface area contributed by atoms with Crippen LogP contribution in [0.3, 0.4) is 0 Å². The van der Waals surface area contributed by atoms with Crippen LogP contribution >= 0.6 is 0 Å². The fourth-order valence-corrected chi connectivity index (χ4v) is 1.53. The number of ether oxygens (including phenoxy) is 1. The van der Waals surface area contributed by atoms with Crippen molar-refractivity contribution in [3.05, 3.63) is 41.3 Å². The van der Waals surface area contributed by atoms with Gasteiger partial charge < -0.3 is 10.5 Å². The lowest BCUT2D eigenvalue weighted by molar-refractivity contribution is 0.450. The lowest BCUT2D eigenvalue weighted by Gasteiger charge is -2.12. The van der Waals surface area contributed by atoms with Crippen molar-refractivity contribution in [2.75, 3.05) is 0 Å². The third-order valence-electron chi connectivity index (χ3n) is 2.36. The van der Waals surface area contributed by atoms with E-state index in [1.54, 1.807) is 19.1 Å². The van der Waals surface area contributed by atoms with Crippen molar-refractivity contribution in [3.8, 4) is 11.6 Å². The Morgan fingerprint density at radius 2 is 2.18 bits per heavy atom. The average molecular weight is 235 g/mol. The Kier molecular flexibility index (Phi) is 3.10. The lowest BCUT2D eigenvalue weighted by atomic mass is 10.1. The van der Waals surface area contributed by atoms with Crippen molar-refractivity contribution in [2.45, 2.75) is 19.9 Å². The van der Waals surface area contributed by atoms with Gasteiger partial charge >= 0.3 is 0 Å². The molecule has 17 heavy (non-hydrogen) atoms. The van der Waals surface area contributed by atoms with Crippen LogP contribution in [0.5, 0.6) is 11.6 Å². The summed E-state index contributed by atoms with van der Waals surface area (Å²) in [5.41, 5.74) is 7.28. The van der Waals surface area contributed by atoms with Crippen LogP contribution in [0, 0.1) is 12.7 Å². The number of aryl methyl sites for hydroxylation is 1. The monoisotopic (exact) mass is 235 g/mol. The summed E-state index contributed by atoms with van der Waals surface area (Å²) in [6, 6.07) is 5.72. The first kappa shape index (κ1) is 11.6. The first-order chi connectivity index (χ1) is 8.06. The van der Waals surface area contributed by atoms with Crippen LogP contribution in [0.25, 0.3) is 0 Å². The van der Waals surface area contributed by atoms with Crippen molar-refractivity contribution in [3.63, 3.8) is 0 Å². The molecule has 0 aliphatic heterocycles. The summed E-state index contributed by atoms with van der Waals surface area (Å²) >= 11 is 0. The van der Waals surface area contributed by atoms with Gasteiger partial charge in [-0.25, -0.2) is 4.39 Å². The third-order valence-corrected chi connectivity index (χ3v) is 2.36. The van der Waals surface area contributed by atoms with Crippen LogP contribution in [-0.4, -0.2) is 10.2 Å². The molecule has 4 nitrogen and oxygen atoms in total. The number of halogens is 1. The second kappa shape index (κ2) is 4.55. The molecule has 1 aromatic heterocycles. The molecule has 0 saturated carbocycles. The zero-order chi connectivity index (χ0) is 12.4. The van der Waals surface area contributed by atoms with Crippen molar-refractivity contribution < 1.29 is 9.13 Å². The van der Waals surface area contributed by atoms with Gasteiger partial charge in [0.15, 0.2) is 0 Å². The number of H-pyrrole nitrogens is 1. The van der Waals surface area contributed by atoms with E-state index in [0.717, 1.165) is 5.69 Å². The van der Waals surface area contributed by atoms with E-state index < -0.39 is 0 Å². The molecule has 0 spiro atoms. The van der Waals surface area contributed by atoms with E-state index in [1.807, 2.05) is 6.92 Å². The fraction of sp³-hybridized carbons (Fsp3) is 0.250. The van der Waals surface area contributed by atoms with Crippen molar-refractivity contribution in [2.24, 2.45) is 5.73 Å². The highest BCUT2D eigenvalue weighted by Gasteiger charge is 2.11. The summed E-state index contributed by atoms with van der Waals surface area (Å²) < 4.78 is 18.7. The second-order valence-corrected chi connectivity index (χ2v) is 3.96. The Hall–Kier alpha value is -1.88. The first-order valence-corrected chi connectivity index (χ1v) is 5.31. The molecule has 0 amide bonds. The predicted octanol–water partition coefficient (Wildman–Crippen LogP) is 2.67. The lowest BCUT2D eigenvalue weighted by Crippen LogP contribution is -2.07. The molecular formula is C12H14FN3O. The number of nitrogens with zero attached hydrogens (tertiary/aromatic N) is 1. The maximum Gasteiger partial charge on any atom is 0.238 e. The van der Waals surface area contributed by atoms with E-state index in [-0.39, 0.29) is 11.9 Å². The fourth-order valence-electron chi connectivity index (χ4n) is 1.53. The highest BCUT2D eigenvalue weighted by molar-refractivity contribution is 5.38. The van der Waals surface area contributed by atoms with E-state index in [4.69, 9.17) is 10.5 Å². The molecule has 0 bridgehead atoms. The molecule has 1 atom stereocenters. The zero-order valence-corrected chi connectivity index (χ0v) is 9.70. The molecule has 2 rings (SSSR count). The van der Waals surface area contributed by atoms with Gasteiger partial charge in [0.1, 0.15) is 11.6 Å². The third kappa shape index (κ3) is 2.62. The molecule has 0 fully saturated rings. The van der Waals surface area contributed by atoms with E-state index in [1.165, 1.54) is 12.1 Å². The Bertz CT molecular complexity index is 522. The molecule has 90 valence electrons. The van der Waals surface area contributed by atoms with Gasteiger partial charge in [-0.3, -0.25) is 5.10 Å². The standard InChI is InChI=1S/C12H14FN3O/c1-7-5-12(16-15-7)17-11-4-3-9(13)6-10(11)8(2)14/h3-6,8H,14H2,1-2H3,(H,15,16). The minimum absolute atomic E-state index is 0.305. The molecule has 0 radical (unpaired) electrons. The quantitative estimate of drug-likeness (QED) is 0.859. The zero-order valence-electron chi connectivity index (χ0n) is 9.70. The summed E-state index contributed by atoms with van der Waals surface area (Å²) in [4.78, 5) is 0. The molecule has 0 aliphatic carbocycles. The normalized spacial score (nSPS) is 12.5. The SMILES string of the molecule is Cc1cc(Oc2ccc(F)cc2C(C)N)n[nH]1. The molecule has 1 aromatic carbocycles. The van der Waals surface area contributed by atoms with E-state index in [2.05, 4.69) is 10.2 Å². The van der Waals surface area contributed by atoms with Gasteiger partial charge in [0.25, 0.3) is 0 Å². The number of aromatic amines is 1. The van der Waals surface area contributed by atoms with Crippen molar-refractivity contribution >= 4 is 0 Å². The maximum absolute atomic E-state index is 13.1. The molecule has 1 unspecified atom stereocenters. The molecule has 1 heterocycles. The molecule has 3 N–H and O–H groups in total. The van der Waals surface area contributed by atoms with E-state index >= 15 is 0 Å². The first-order valence-electron chi connectivity index (χ1n) is 5.31. The van der Waals surface area contributed by atoms with Crippen molar-refractivity contribution in [1.82, 2.24) is 10.2 Å². The number of hydrogen-bond acceptors (Lipinski definition) is 3. The molecule has 0 saturated heterocycles. The van der Waals surface area contributed by atoms with Gasteiger partial charge in [-0.2, -0.15) is 0 Å². The Morgan fingerprint density at radius 1 is 1.41 bits per heavy atom. The van der Waals surface area contributed by atoms with Gasteiger partial charge in [-0.05, 0) is 32.0 Å². The summed E-state index contributed by atoms with van der Waals surface area (Å²) in [6.45, 7) is 3.65. The Balaban J connectivity index is 2.32. The molecular weight excluding hydrogens is 221 g/mol. The van der Waals surface area contributed by atoms with Gasteiger partial charge in [-0.1, -0.05) is 0 Å². The van der Waals surface area contributed by atoms with Gasteiger partial charge in [0.05, 0.1) is 0 Å². The summed E-state index contributed by atoms with van der Waals surface area (Å²) in [5, 5.41) is 6.72. The number of nitrogens with two attached hydrogens (primary N) is 1. The topological polar surface area (TPSA) is 63.9 Å². The number of benzene rings is 1. The van der Waals surface area contributed by atoms with E-state index in [9.17, 15) is 4.39 Å². The largest absolute Gasteiger partial charge is 0.437 e. The average Bonchev–Trinajstić information content (AvgIpc) is 2.66. The maximum atomic E-state index is 13.1. The van der Waals surface area contributed by atoms with Crippen LogP contribution in [-0.2, 0) is 0 Å². The van der Waals surface area contributed by atoms with Gasteiger partial charge in [0.2, 0.25) is 5.88 Å². The molecule has 5 heteroatoms. The van der Waals surface area contributed by atoms with Crippen LogP contribution < -0.4 is 10.5 Å². The highest BCUT2D eigenvalue weighted by atomic mass is 19.1. The minimum atomic E-state index is -0.331. The Morgan fingerprint density at radius 3 is 2.76 bits per heavy atom. The number of hydrogen-bond donors (Lipinski definition) is 2. The predicted molar refractivity (Wildman–Crippen MR) is 62.4 cm³/mol. The van der Waals surface area contributed by atoms with Crippen LogP contribution in [0.4, 0.5) is 4.39 Å². The number of nitrogens with one attached hydrogen (secondary N) is 1. The number of aromatic nitrogens is 2. The summed E-state index contributed by atoms with van der Waals surface area (Å²) in [6.07, 6.45) is 0. The summed E-state index contributed by atoms with van der Waals surface area (Å²) in [7, 11) is 0. The van der Waals surface area contributed by atoms with E-state index in [0.29, 0.717) is 17.2 Å². The smallest absolute Gasteiger partial charge is 0.238 e. The summed E-state index contributed by atoms with van der Waals surface area (Å²) in [5.74, 6) is 0.631. The Labute approximate surface area is 98.6 Å². The molecule has 0 aliphatic rings.